The van der Waals surface area contributed by atoms with E-state index in [2.05, 4.69) is 5.32 Å². The summed E-state index contributed by atoms with van der Waals surface area (Å²) in [5.74, 6) is 0. The first-order chi connectivity index (χ1) is 9.11. The van der Waals surface area contributed by atoms with Gasteiger partial charge in [0.25, 0.3) is 0 Å². The first-order valence-corrected chi connectivity index (χ1v) is 6.29. The topological polar surface area (TPSA) is 38.3 Å². The lowest BCUT2D eigenvalue weighted by atomic mass is 9.80. The molecule has 1 atom stereocenters. The Bertz CT molecular complexity index is 547. The fraction of sp³-hybridized carbons (Fsp3) is 0.462. The van der Waals surface area contributed by atoms with Gasteiger partial charge >= 0.3 is 12.3 Å². The van der Waals surface area contributed by atoms with Gasteiger partial charge < -0.3 is 10.1 Å². The van der Waals surface area contributed by atoms with Crippen LogP contribution in [-0.4, -0.2) is 12.7 Å². The zero-order valence-electron chi connectivity index (χ0n) is 11.3. The molecule has 3 nitrogen and oxygen atoms in total. The average Bonchev–Trinajstić information content (AvgIpc) is 2.32. The zero-order chi connectivity index (χ0) is 15.1. The molecule has 0 saturated carbocycles. The number of carbonyl (C=O) groups excluding carboxylic acids is 1. The van der Waals surface area contributed by atoms with Gasteiger partial charge in [0, 0.05) is 5.41 Å². The molecule has 0 aromatic heterocycles. The minimum atomic E-state index is -4.54. The lowest BCUT2D eigenvalue weighted by Gasteiger charge is -2.38. The van der Waals surface area contributed by atoms with Crippen molar-refractivity contribution in [1.82, 2.24) is 5.32 Å². The van der Waals surface area contributed by atoms with Gasteiger partial charge in [-0.2, -0.15) is 13.2 Å². The summed E-state index contributed by atoms with van der Waals surface area (Å²) in [6.45, 7) is 3.74. The molecule has 0 bridgehead atoms. The fourth-order valence-electron chi connectivity index (χ4n) is 2.16. The Hall–Kier alpha value is -1.14. The molecule has 1 fully saturated rings. The van der Waals surface area contributed by atoms with Gasteiger partial charge in [-0.05, 0) is 17.7 Å². The first kappa shape index (κ1) is 17.9. The molecule has 0 radical (unpaired) electrons. The van der Waals surface area contributed by atoms with Crippen molar-refractivity contribution in [2.24, 2.45) is 5.41 Å². The van der Waals surface area contributed by atoms with Gasteiger partial charge in [0.15, 0.2) is 0 Å². The van der Waals surface area contributed by atoms with Crippen molar-refractivity contribution in [3.8, 4) is 0 Å². The molecule has 1 aromatic carbocycles. The Morgan fingerprint density at radius 1 is 1.38 bits per heavy atom. The van der Waals surface area contributed by atoms with Gasteiger partial charge in [0.05, 0.1) is 16.6 Å². The van der Waals surface area contributed by atoms with Crippen molar-refractivity contribution in [3.63, 3.8) is 0 Å². The van der Waals surface area contributed by atoms with E-state index < -0.39 is 29.3 Å². The van der Waals surface area contributed by atoms with Crippen molar-refractivity contribution >= 4 is 30.1 Å². The van der Waals surface area contributed by atoms with Gasteiger partial charge in [0.1, 0.15) is 6.61 Å². The van der Waals surface area contributed by atoms with E-state index in [-0.39, 0.29) is 24.0 Å². The highest BCUT2D eigenvalue weighted by Gasteiger charge is 2.40. The van der Waals surface area contributed by atoms with Crippen LogP contribution >= 0.6 is 24.0 Å². The lowest BCUT2D eigenvalue weighted by Crippen LogP contribution is -2.47. The molecule has 1 N–H and O–H groups in total. The van der Waals surface area contributed by atoms with Crippen LogP contribution in [0.25, 0.3) is 0 Å². The summed E-state index contributed by atoms with van der Waals surface area (Å²) in [7, 11) is 0. The normalized spacial score (nSPS) is 21.0. The highest BCUT2D eigenvalue weighted by Crippen LogP contribution is 2.40. The molecule has 1 aliphatic heterocycles. The number of ether oxygens (including phenoxy) is 1. The van der Waals surface area contributed by atoms with Crippen LogP contribution in [0.4, 0.5) is 18.0 Å². The van der Waals surface area contributed by atoms with Gasteiger partial charge in [0.2, 0.25) is 0 Å². The molecule has 0 spiro atoms. The largest absolute Gasteiger partial charge is 0.449 e. The molecule has 0 unspecified atom stereocenters. The van der Waals surface area contributed by atoms with E-state index in [0.29, 0.717) is 5.56 Å². The number of rotatable bonds is 1. The Morgan fingerprint density at radius 2 is 2.00 bits per heavy atom. The molecule has 1 aliphatic rings. The standard InChI is InChI=1S/C13H13ClF3NO2.ClH/c1-12(2)6-20-11(19)18-10(12)7-3-4-9(14)8(5-7)13(15,16)17;/h3-5,10H,6H2,1-2H3,(H,18,19);1H/t10-;/m0./s1. The number of alkyl carbamates (subject to hydrolysis) is 1. The van der Waals surface area contributed by atoms with Crippen LogP contribution in [0.1, 0.15) is 31.0 Å². The van der Waals surface area contributed by atoms with E-state index in [1.165, 1.54) is 12.1 Å². The van der Waals surface area contributed by atoms with Crippen molar-refractivity contribution in [3.05, 3.63) is 34.3 Å². The number of nitrogens with one attached hydrogen (secondary N) is 1. The minimum Gasteiger partial charge on any atom is -0.449 e. The molecule has 1 saturated heterocycles. The van der Waals surface area contributed by atoms with Crippen LogP contribution in [-0.2, 0) is 10.9 Å². The maximum atomic E-state index is 12.9. The molecule has 1 heterocycles. The summed E-state index contributed by atoms with van der Waals surface area (Å²) in [5, 5.41) is 2.19. The third-order valence-electron chi connectivity index (χ3n) is 3.25. The molecule has 1 amide bonds. The number of benzene rings is 1. The number of hydrogen-bond acceptors (Lipinski definition) is 2. The highest BCUT2D eigenvalue weighted by atomic mass is 35.5. The number of cyclic esters (lactones) is 1. The number of halogens is 5. The lowest BCUT2D eigenvalue weighted by molar-refractivity contribution is -0.137. The van der Waals surface area contributed by atoms with E-state index in [1.807, 2.05) is 0 Å². The minimum absolute atomic E-state index is 0. The number of amides is 1. The van der Waals surface area contributed by atoms with Crippen molar-refractivity contribution in [1.29, 1.82) is 0 Å². The highest BCUT2D eigenvalue weighted by molar-refractivity contribution is 6.31. The van der Waals surface area contributed by atoms with Crippen molar-refractivity contribution in [2.75, 3.05) is 6.61 Å². The van der Waals surface area contributed by atoms with E-state index in [4.69, 9.17) is 16.3 Å². The molecule has 21 heavy (non-hydrogen) atoms. The first-order valence-electron chi connectivity index (χ1n) is 5.91. The summed E-state index contributed by atoms with van der Waals surface area (Å²) in [4.78, 5) is 11.3. The van der Waals surface area contributed by atoms with Crippen LogP contribution in [0.15, 0.2) is 18.2 Å². The zero-order valence-corrected chi connectivity index (χ0v) is 12.8. The number of hydrogen-bond donors (Lipinski definition) is 1. The Labute approximate surface area is 131 Å². The third-order valence-corrected chi connectivity index (χ3v) is 3.58. The predicted octanol–water partition coefficient (Wildman–Crippen LogP) is 4.59. The van der Waals surface area contributed by atoms with Gasteiger partial charge in [-0.15, -0.1) is 12.4 Å². The third kappa shape index (κ3) is 3.74. The average molecular weight is 344 g/mol. The summed E-state index contributed by atoms with van der Waals surface area (Å²) < 4.78 is 43.5. The number of alkyl halides is 3. The summed E-state index contributed by atoms with van der Waals surface area (Å²) in [6, 6.07) is 3.08. The van der Waals surface area contributed by atoms with Gasteiger partial charge in [-0.1, -0.05) is 31.5 Å². The van der Waals surface area contributed by atoms with Crippen LogP contribution in [0.3, 0.4) is 0 Å². The molecular weight excluding hydrogens is 330 g/mol. The maximum absolute atomic E-state index is 12.9. The molecule has 1 aromatic rings. The molecule has 0 aliphatic carbocycles. The van der Waals surface area contributed by atoms with Crippen molar-refractivity contribution < 1.29 is 22.7 Å². The molecule has 8 heteroatoms. The van der Waals surface area contributed by atoms with Crippen LogP contribution in [0.5, 0.6) is 0 Å². The van der Waals surface area contributed by atoms with Gasteiger partial charge in [-0.3, -0.25) is 0 Å². The monoisotopic (exact) mass is 343 g/mol. The van der Waals surface area contributed by atoms with E-state index in [0.717, 1.165) is 6.07 Å². The van der Waals surface area contributed by atoms with E-state index in [9.17, 15) is 18.0 Å². The summed E-state index contributed by atoms with van der Waals surface area (Å²) in [6.07, 6.45) is -5.18. The van der Waals surface area contributed by atoms with Crippen LogP contribution < -0.4 is 5.32 Å². The fourth-order valence-corrected chi connectivity index (χ4v) is 2.39. The van der Waals surface area contributed by atoms with Gasteiger partial charge in [-0.25, -0.2) is 4.79 Å². The second kappa shape index (κ2) is 5.93. The Kier molecular flexibility index (Phi) is 5.05. The smallest absolute Gasteiger partial charge is 0.417 e. The SMILES string of the molecule is CC1(C)COC(=O)N[C@H]1c1ccc(Cl)c(C(F)(F)F)c1.Cl. The maximum Gasteiger partial charge on any atom is 0.417 e. The Balaban J connectivity index is 0.00000220. The second-order valence-electron chi connectivity index (χ2n) is 5.38. The van der Waals surface area contributed by atoms with E-state index >= 15 is 0 Å². The van der Waals surface area contributed by atoms with Crippen LogP contribution in [0.2, 0.25) is 5.02 Å². The van der Waals surface area contributed by atoms with Crippen molar-refractivity contribution in [2.45, 2.75) is 26.1 Å². The molecule has 118 valence electrons. The predicted molar refractivity (Wildman–Crippen MR) is 74.7 cm³/mol. The number of carbonyl (C=O) groups is 1. The Morgan fingerprint density at radius 3 is 2.57 bits per heavy atom. The summed E-state index contributed by atoms with van der Waals surface area (Å²) in [5.41, 5.74) is -1.08. The molecule has 2 rings (SSSR count). The summed E-state index contributed by atoms with van der Waals surface area (Å²) >= 11 is 5.59. The quantitative estimate of drug-likeness (QED) is 0.809. The van der Waals surface area contributed by atoms with Crippen LogP contribution in [0, 0.1) is 5.41 Å². The second-order valence-corrected chi connectivity index (χ2v) is 5.79. The van der Waals surface area contributed by atoms with E-state index in [1.54, 1.807) is 13.8 Å². The molecular formula is C13H14Cl2F3NO2.